The van der Waals surface area contributed by atoms with Crippen molar-refractivity contribution in [1.29, 1.82) is 0 Å². The Morgan fingerprint density at radius 1 is 0.812 bits per heavy atom. The molecule has 0 unspecified atom stereocenters. The van der Waals surface area contributed by atoms with Crippen molar-refractivity contribution >= 4 is 0 Å². The highest BCUT2D eigenvalue weighted by Gasteiger charge is 2.29. The molecule has 4 heteroatoms. The number of methoxy groups -OCH3 is 3. The van der Waals surface area contributed by atoms with Crippen LogP contribution in [0.2, 0.25) is 0 Å². The van der Waals surface area contributed by atoms with Crippen LogP contribution in [0.25, 0.3) is 0 Å². The summed E-state index contributed by atoms with van der Waals surface area (Å²) in [5.41, 5.74) is 5.50. The molecular weight excluding hydrogens is 398 g/mol. The molecule has 0 bridgehead atoms. The van der Waals surface area contributed by atoms with Crippen LogP contribution in [0, 0.1) is 0 Å². The van der Waals surface area contributed by atoms with Crippen LogP contribution in [0.1, 0.15) is 34.6 Å². The summed E-state index contributed by atoms with van der Waals surface area (Å²) in [5.74, 6) is 2.94. The summed E-state index contributed by atoms with van der Waals surface area (Å²) in [6, 6.07) is 24.0. The van der Waals surface area contributed by atoms with E-state index < -0.39 is 0 Å². The monoisotopic (exact) mass is 431 g/mol. The summed E-state index contributed by atoms with van der Waals surface area (Å²) >= 11 is 0. The second-order valence-electron chi connectivity index (χ2n) is 8.40. The second-order valence-corrected chi connectivity index (χ2v) is 8.40. The van der Waals surface area contributed by atoms with Gasteiger partial charge in [-0.15, -0.1) is 0 Å². The molecule has 3 aromatic carbocycles. The Bertz CT molecular complexity index is 1020. The third-order valence-electron chi connectivity index (χ3n) is 6.53. The zero-order chi connectivity index (χ0) is 22.3. The van der Waals surface area contributed by atoms with Crippen molar-refractivity contribution < 1.29 is 14.2 Å². The van der Waals surface area contributed by atoms with Crippen molar-refractivity contribution in [2.45, 2.75) is 37.6 Å². The van der Waals surface area contributed by atoms with Gasteiger partial charge in [-0.2, -0.15) is 0 Å². The molecule has 0 radical (unpaired) electrons. The van der Waals surface area contributed by atoms with E-state index in [2.05, 4.69) is 66.0 Å². The SMILES string of the molecule is COc1ccc2c(c1)CC[C@H](NCCc1ccc(OC)c(OC)c1)[C@@H]2Cc1ccccc1. The lowest BCUT2D eigenvalue weighted by atomic mass is 9.76. The third-order valence-corrected chi connectivity index (χ3v) is 6.53. The van der Waals surface area contributed by atoms with Crippen LogP contribution < -0.4 is 19.5 Å². The number of benzene rings is 3. The average molecular weight is 432 g/mol. The van der Waals surface area contributed by atoms with E-state index in [1.54, 1.807) is 21.3 Å². The molecule has 4 rings (SSSR count). The van der Waals surface area contributed by atoms with Crippen LogP contribution in [-0.2, 0) is 19.3 Å². The molecule has 3 aromatic rings. The molecule has 4 nitrogen and oxygen atoms in total. The minimum Gasteiger partial charge on any atom is -0.497 e. The van der Waals surface area contributed by atoms with Gasteiger partial charge in [0.05, 0.1) is 21.3 Å². The van der Waals surface area contributed by atoms with E-state index in [0.29, 0.717) is 12.0 Å². The fourth-order valence-corrected chi connectivity index (χ4v) is 4.82. The van der Waals surface area contributed by atoms with Gasteiger partial charge >= 0.3 is 0 Å². The van der Waals surface area contributed by atoms with E-state index in [1.807, 2.05) is 6.07 Å². The van der Waals surface area contributed by atoms with Gasteiger partial charge in [-0.25, -0.2) is 0 Å². The molecule has 1 aliphatic rings. The summed E-state index contributed by atoms with van der Waals surface area (Å²) < 4.78 is 16.3. The summed E-state index contributed by atoms with van der Waals surface area (Å²) in [4.78, 5) is 0. The standard InChI is InChI=1S/C28H33NO3/c1-30-23-11-12-24-22(19-23)10-13-26(25(24)17-20-7-5-4-6-8-20)29-16-15-21-9-14-27(31-2)28(18-21)32-3/h4-9,11-12,14,18-19,25-26,29H,10,13,15-17H2,1-3H3/t25-,26+/m1/s1. The van der Waals surface area contributed by atoms with Gasteiger partial charge in [0.25, 0.3) is 0 Å². The van der Waals surface area contributed by atoms with E-state index in [-0.39, 0.29) is 0 Å². The van der Waals surface area contributed by atoms with Gasteiger partial charge in [0.15, 0.2) is 11.5 Å². The minimum absolute atomic E-state index is 0.441. The second kappa shape index (κ2) is 10.6. The summed E-state index contributed by atoms with van der Waals surface area (Å²) in [7, 11) is 5.09. The Morgan fingerprint density at radius 3 is 2.38 bits per heavy atom. The van der Waals surface area contributed by atoms with Crippen molar-refractivity contribution in [1.82, 2.24) is 5.32 Å². The predicted octanol–water partition coefficient (Wildman–Crippen LogP) is 5.19. The Labute approximate surface area is 191 Å². The topological polar surface area (TPSA) is 39.7 Å². The maximum atomic E-state index is 5.48. The van der Waals surface area contributed by atoms with E-state index in [9.17, 15) is 0 Å². The smallest absolute Gasteiger partial charge is 0.160 e. The lowest BCUT2D eigenvalue weighted by Gasteiger charge is -2.35. The summed E-state index contributed by atoms with van der Waals surface area (Å²) in [6.07, 6.45) is 4.19. The fourth-order valence-electron chi connectivity index (χ4n) is 4.82. The number of hydrogen-bond donors (Lipinski definition) is 1. The maximum absolute atomic E-state index is 5.48. The lowest BCUT2D eigenvalue weighted by molar-refractivity contribution is 0.354. The van der Waals surface area contributed by atoms with Crippen LogP contribution in [0.3, 0.4) is 0 Å². The number of aryl methyl sites for hydroxylation is 1. The predicted molar refractivity (Wildman–Crippen MR) is 129 cm³/mol. The van der Waals surface area contributed by atoms with Crippen molar-refractivity contribution in [3.8, 4) is 17.2 Å². The zero-order valence-corrected chi connectivity index (χ0v) is 19.3. The maximum Gasteiger partial charge on any atom is 0.160 e. The first kappa shape index (κ1) is 22.2. The highest BCUT2D eigenvalue weighted by molar-refractivity contribution is 5.43. The molecule has 0 spiro atoms. The van der Waals surface area contributed by atoms with Gasteiger partial charge in [0.2, 0.25) is 0 Å². The number of nitrogens with one attached hydrogen (secondary N) is 1. The molecule has 0 aliphatic heterocycles. The van der Waals surface area contributed by atoms with Crippen molar-refractivity contribution in [2.24, 2.45) is 0 Å². The zero-order valence-electron chi connectivity index (χ0n) is 19.3. The van der Waals surface area contributed by atoms with E-state index in [0.717, 1.165) is 49.5 Å². The highest BCUT2D eigenvalue weighted by atomic mass is 16.5. The molecule has 2 atom stereocenters. The molecule has 0 saturated heterocycles. The molecule has 168 valence electrons. The number of fused-ring (bicyclic) bond motifs is 1. The molecule has 1 N–H and O–H groups in total. The molecule has 0 fully saturated rings. The van der Waals surface area contributed by atoms with Gasteiger partial charge < -0.3 is 19.5 Å². The minimum atomic E-state index is 0.441. The van der Waals surface area contributed by atoms with Gasteiger partial charge in [-0.3, -0.25) is 0 Å². The normalized spacial score (nSPS) is 17.5. The molecule has 0 aromatic heterocycles. The van der Waals surface area contributed by atoms with Crippen LogP contribution >= 0.6 is 0 Å². The molecule has 0 amide bonds. The van der Waals surface area contributed by atoms with E-state index in [4.69, 9.17) is 14.2 Å². The Hall–Kier alpha value is -2.98. The largest absolute Gasteiger partial charge is 0.497 e. The van der Waals surface area contributed by atoms with Gasteiger partial charge in [0.1, 0.15) is 5.75 Å². The van der Waals surface area contributed by atoms with Crippen LogP contribution in [0.4, 0.5) is 0 Å². The highest BCUT2D eigenvalue weighted by Crippen LogP contribution is 2.36. The first-order valence-electron chi connectivity index (χ1n) is 11.4. The Balaban J connectivity index is 1.48. The summed E-state index contributed by atoms with van der Waals surface area (Å²) in [6.45, 7) is 0.928. The van der Waals surface area contributed by atoms with Gasteiger partial charge in [-0.1, -0.05) is 42.5 Å². The quantitative estimate of drug-likeness (QED) is 0.506. The summed E-state index contributed by atoms with van der Waals surface area (Å²) in [5, 5.41) is 3.87. The van der Waals surface area contributed by atoms with Crippen LogP contribution in [-0.4, -0.2) is 33.9 Å². The van der Waals surface area contributed by atoms with Crippen molar-refractivity contribution in [3.05, 3.63) is 89.0 Å². The molecule has 1 aliphatic carbocycles. The molecule has 32 heavy (non-hydrogen) atoms. The molecular formula is C28H33NO3. The first-order chi connectivity index (χ1) is 15.7. The molecule has 0 saturated carbocycles. The molecule has 0 heterocycles. The van der Waals surface area contributed by atoms with Gasteiger partial charge in [0, 0.05) is 12.0 Å². The van der Waals surface area contributed by atoms with Gasteiger partial charge in [-0.05, 0) is 78.7 Å². The van der Waals surface area contributed by atoms with E-state index in [1.165, 1.54) is 22.3 Å². The Kier molecular flexibility index (Phi) is 7.33. The number of ether oxygens (including phenoxy) is 3. The number of rotatable bonds is 9. The van der Waals surface area contributed by atoms with E-state index >= 15 is 0 Å². The van der Waals surface area contributed by atoms with Crippen LogP contribution in [0.15, 0.2) is 66.7 Å². The van der Waals surface area contributed by atoms with Crippen molar-refractivity contribution in [3.63, 3.8) is 0 Å². The Morgan fingerprint density at radius 2 is 1.62 bits per heavy atom. The first-order valence-corrected chi connectivity index (χ1v) is 11.4. The number of hydrogen-bond acceptors (Lipinski definition) is 4. The lowest BCUT2D eigenvalue weighted by Crippen LogP contribution is -2.40. The van der Waals surface area contributed by atoms with Crippen LogP contribution in [0.5, 0.6) is 17.2 Å². The third kappa shape index (κ3) is 5.08. The van der Waals surface area contributed by atoms with Crippen molar-refractivity contribution in [2.75, 3.05) is 27.9 Å². The average Bonchev–Trinajstić information content (AvgIpc) is 2.85. The fraction of sp³-hybridized carbons (Fsp3) is 0.357.